The van der Waals surface area contributed by atoms with Crippen molar-refractivity contribution in [3.8, 4) is 22.4 Å². The average Bonchev–Trinajstić information content (AvgIpc) is 3.25. The summed E-state index contributed by atoms with van der Waals surface area (Å²) < 4.78 is 34.8. The van der Waals surface area contributed by atoms with Gasteiger partial charge in [0.1, 0.15) is 6.54 Å². The molecule has 1 aromatic heterocycles. The minimum Gasteiger partial charge on any atom is -0.465 e. The second-order valence-corrected chi connectivity index (χ2v) is 11.4. The minimum absolute atomic E-state index is 0.0493. The van der Waals surface area contributed by atoms with Crippen LogP contribution < -0.4 is 0 Å². The van der Waals surface area contributed by atoms with E-state index in [2.05, 4.69) is 0 Å². The summed E-state index contributed by atoms with van der Waals surface area (Å²) in [7, 11) is -3.74. The molecule has 0 saturated carbocycles. The highest BCUT2D eigenvalue weighted by Gasteiger charge is 2.27. The maximum atomic E-state index is 13.7. The Morgan fingerprint density at radius 2 is 1.30 bits per heavy atom. The number of aromatic nitrogens is 1. The van der Waals surface area contributed by atoms with Gasteiger partial charge < -0.3 is 9.30 Å². The van der Waals surface area contributed by atoms with Crippen LogP contribution in [0.1, 0.15) is 23.7 Å². The van der Waals surface area contributed by atoms with Gasteiger partial charge in [-0.2, -0.15) is 0 Å². The maximum Gasteiger partial charge on any atom is 0.325 e. The molecular formula is C34H31NO4S. The SMILES string of the molecule is CCOC(=O)Cn1c(C)c(Cc2ccccc2S(=O)(=O)c2ccccc2)c(-c2ccccc2)c1-c1ccccc1. The largest absolute Gasteiger partial charge is 0.465 e. The van der Waals surface area contributed by atoms with E-state index < -0.39 is 9.84 Å². The second kappa shape index (κ2) is 11.8. The molecule has 0 spiro atoms. The zero-order chi connectivity index (χ0) is 28.1. The first kappa shape index (κ1) is 27.2. The second-order valence-electron chi connectivity index (χ2n) is 9.51. The standard InChI is InChI=1S/C34H31NO4S/c1-3-39-32(36)24-35-25(2)30(33(26-15-7-4-8-16-26)34(35)27-17-9-5-10-18-27)23-28-19-13-14-22-31(28)40(37,38)29-20-11-6-12-21-29/h4-22H,3,23-24H2,1-2H3. The normalized spacial score (nSPS) is 11.3. The van der Waals surface area contributed by atoms with Crippen molar-refractivity contribution in [2.45, 2.75) is 36.6 Å². The van der Waals surface area contributed by atoms with Crippen LogP contribution in [0, 0.1) is 6.92 Å². The van der Waals surface area contributed by atoms with Crippen LogP contribution in [0.2, 0.25) is 0 Å². The zero-order valence-corrected chi connectivity index (χ0v) is 23.4. The molecule has 0 aliphatic carbocycles. The molecular weight excluding hydrogens is 518 g/mol. The lowest BCUT2D eigenvalue weighted by atomic mass is 9.93. The topological polar surface area (TPSA) is 65.4 Å². The molecule has 4 aromatic carbocycles. The maximum absolute atomic E-state index is 13.7. The minimum atomic E-state index is -3.74. The van der Waals surface area contributed by atoms with Crippen molar-refractivity contribution >= 4 is 15.8 Å². The van der Waals surface area contributed by atoms with Crippen molar-refractivity contribution in [3.05, 3.63) is 132 Å². The highest BCUT2D eigenvalue weighted by atomic mass is 32.2. The van der Waals surface area contributed by atoms with Gasteiger partial charge in [-0.25, -0.2) is 8.42 Å². The van der Waals surface area contributed by atoms with Crippen LogP contribution in [-0.4, -0.2) is 25.6 Å². The average molecular weight is 550 g/mol. The van der Waals surface area contributed by atoms with Crippen molar-refractivity contribution in [2.24, 2.45) is 0 Å². The number of hydrogen-bond donors (Lipinski definition) is 0. The molecule has 40 heavy (non-hydrogen) atoms. The number of nitrogens with zero attached hydrogens (tertiary/aromatic N) is 1. The number of esters is 1. The fourth-order valence-electron chi connectivity index (χ4n) is 5.18. The van der Waals surface area contributed by atoms with Crippen LogP contribution >= 0.6 is 0 Å². The molecule has 0 atom stereocenters. The summed E-state index contributed by atoms with van der Waals surface area (Å²) in [5.74, 6) is -0.323. The Balaban J connectivity index is 1.75. The zero-order valence-electron chi connectivity index (χ0n) is 22.6. The number of ether oxygens (including phenoxy) is 1. The lowest BCUT2D eigenvalue weighted by Crippen LogP contribution is -2.15. The van der Waals surface area contributed by atoms with E-state index in [0.717, 1.165) is 33.6 Å². The summed E-state index contributed by atoms with van der Waals surface area (Å²) >= 11 is 0. The molecule has 0 amide bonds. The lowest BCUT2D eigenvalue weighted by molar-refractivity contribution is -0.143. The number of hydrogen-bond acceptors (Lipinski definition) is 4. The summed E-state index contributed by atoms with van der Waals surface area (Å²) in [6.45, 7) is 4.13. The van der Waals surface area contributed by atoms with Crippen molar-refractivity contribution in [1.82, 2.24) is 4.57 Å². The van der Waals surface area contributed by atoms with E-state index in [1.807, 2.05) is 84.3 Å². The third kappa shape index (κ3) is 5.36. The third-order valence-corrected chi connectivity index (χ3v) is 8.91. The molecule has 0 radical (unpaired) electrons. The van der Waals surface area contributed by atoms with Crippen LogP contribution in [0.5, 0.6) is 0 Å². The van der Waals surface area contributed by atoms with Crippen molar-refractivity contribution in [1.29, 1.82) is 0 Å². The van der Waals surface area contributed by atoms with E-state index in [0.29, 0.717) is 18.6 Å². The predicted octanol–water partition coefficient (Wildman–Crippen LogP) is 7.12. The van der Waals surface area contributed by atoms with Gasteiger partial charge in [0.15, 0.2) is 0 Å². The van der Waals surface area contributed by atoms with E-state index in [1.54, 1.807) is 49.4 Å². The van der Waals surface area contributed by atoms with Crippen molar-refractivity contribution in [2.75, 3.05) is 6.61 Å². The molecule has 0 saturated heterocycles. The van der Waals surface area contributed by atoms with E-state index in [-0.39, 0.29) is 22.3 Å². The molecule has 0 N–H and O–H groups in total. The van der Waals surface area contributed by atoms with Crippen molar-refractivity contribution < 1.29 is 17.9 Å². The Bertz CT molecular complexity index is 1730. The number of sulfone groups is 1. The van der Waals surface area contributed by atoms with E-state index in [9.17, 15) is 13.2 Å². The Kier molecular flexibility index (Phi) is 7.99. The van der Waals surface area contributed by atoms with Gasteiger partial charge in [-0.05, 0) is 54.3 Å². The Hall–Kier alpha value is -4.42. The summed E-state index contributed by atoms with van der Waals surface area (Å²) in [6, 6.07) is 35.7. The summed E-state index contributed by atoms with van der Waals surface area (Å²) in [5.41, 5.74) is 6.37. The van der Waals surface area contributed by atoms with Gasteiger partial charge in [0.2, 0.25) is 9.84 Å². The van der Waals surface area contributed by atoms with Crippen molar-refractivity contribution in [3.63, 3.8) is 0 Å². The Morgan fingerprint density at radius 1 is 0.750 bits per heavy atom. The molecule has 5 nitrogen and oxygen atoms in total. The van der Waals surface area contributed by atoms with E-state index in [4.69, 9.17) is 4.74 Å². The first-order valence-electron chi connectivity index (χ1n) is 13.3. The highest BCUT2D eigenvalue weighted by molar-refractivity contribution is 7.91. The smallest absolute Gasteiger partial charge is 0.325 e. The molecule has 0 aliphatic rings. The van der Waals surface area contributed by atoms with Crippen LogP contribution in [0.4, 0.5) is 0 Å². The molecule has 5 rings (SSSR count). The van der Waals surface area contributed by atoms with Crippen LogP contribution in [0.25, 0.3) is 22.4 Å². The molecule has 0 fully saturated rings. The van der Waals surface area contributed by atoms with Gasteiger partial charge in [-0.3, -0.25) is 4.79 Å². The summed E-state index contributed by atoms with van der Waals surface area (Å²) in [4.78, 5) is 13.3. The third-order valence-electron chi connectivity index (χ3n) is 7.04. The van der Waals surface area contributed by atoms with Gasteiger partial charge in [0.05, 0.1) is 22.1 Å². The van der Waals surface area contributed by atoms with Crippen LogP contribution in [0.3, 0.4) is 0 Å². The van der Waals surface area contributed by atoms with Gasteiger partial charge in [-0.1, -0.05) is 97.1 Å². The van der Waals surface area contributed by atoms with Crippen LogP contribution in [0.15, 0.2) is 125 Å². The quantitative estimate of drug-likeness (QED) is 0.184. The molecule has 1 heterocycles. The number of carbonyl (C=O) groups is 1. The molecule has 5 aromatic rings. The van der Waals surface area contributed by atoms with Gasteiger partial charge >= 0.3 is 5.97 Å². The number of rotatable bonds is 9. The monoisotopic (exact) mass is 549 g/mol. The molecule has 202 valence electrons. The molecule has 6 heteroatoms. The summed E-state index contributed by atoms with van der Waals surface area (Å²) in [5, 5.41) is 0. The fourth-order valence-corrected chi connectivity index (χ4v) is 6.69. The summed E-state index contributed by atoms with van der Waals surface area (Å²) in [6.07, 6.45) is 0.369. The molecule has 0 aliphatic heterocycles. The Morgan fingerprint density at radius 3 is 1.93 bits per heavy atom. The van der Waals surface area contributed by atoms with E-state index in [1.165, 1.54) is 0 Å². The first-order chi connectivity index (χ1) is 19.4. The van der Waals surface area contributed by atoms with Crippen LogP contribution in [-0.2, 0) is 32.3 Å². The lowest BCUT2D eigenvalue weighted by Gasteiger charge is -2.13. The first-order valence-corrected chi connectivity index (χ1v) is 14.8. The predicted molar refractivity (Wildman–Crippen MR) is 158 cm³/mol. The fraction of sp³-hybridized carbons (Fsp3) is 0.147. The highest BCUT2D eigenvalue weighted by Crippen LogP contribution is 2.41. The number of benzene rings is 4. The van der Waals surface area contributed by atoms with E-state index >= 15 is 0 Å². The number of carbonyl (C=O) groups excluding carboxylic acids is 1. The van der Waals surface area contributed by atoms with Gasteiger partial charge in [-0.15, -0.1) is 0 Å². The molecule has 0 bridgehead atoms. The van der Waals surface area contributed by atoms with Gasteiger partial charge in [0, 0.05) is 17.7 Å². The Labute approximate surface area is 235 Å². The van der Waals surface area contributed by atoms with Gasteiger partial charge in [0.25, 0.3) is 0 Å². The molecule has 0 unspecified atom stereocenters.